The molecule has 0 aromatic heterocycles. The number of sulfonamides is 1. The highest BCUT2D eigenvalue weighted by atomic mass is 32.2. The van der Waals surface area contributed by atoms with Gasteiger partial charge < -0.3 is 19.9 Å². The molecule has 0 saturated carbocycles. The summed E-state index contributed by atoms with van der Waals surface area (Å²) in [4.78, 5) is 12.8. The molecule has 2 aromatic carbocycles. The number of carbonyl (C=O) groups excluding carboxylic acids is 1. The molecule has 1 fully saturated rings. The summed E-state index contributed by atoms with van der Waals surface area (Å²) in [5.41, 5.74) is 0.804. The number of amides is 1. The summed E-state index contributed by atoms with van der Waals surface area (Å²) in [5.74, 6) is 0.664. The molecule has 0 bridgehead atoms. The monoisotopic (exact) mass is 448 g/mol. The lowest BCUT2D eigenvalue weighted by atomic mass is 9.97. The number of aromatic hydroxyl groups is 1. The Hall–Kier alpha value is -2.78. The summed E-state index contributed by atoms with van der Waals surface area (Å²) in [6.07, 6.45) is 0.919. The molecule has 0 aliphatic carbocycles. The van der Waals surface area contributed by atoms with E-state index in [1.54, 1.807) is 36.4 Å². The average molecular weight is 449 g/mol. The fraction of sp³-hybridized carbons (Fsp3) is 0.409. The van der Waals surface area contributed by atoms with Crippen LogP contribution < -0.4 is 14.8 Å². The average Bonchev–Trinajstić information content (AvgIpc) is 2.79. The zero-order valence-electron chi connectivity index (χ0n) is 17.7. The predicted molar refractivity (Wildman–Crippen MR) is 116 cm³/mol. The summed E-state index contributed by atoms with van der Waals surface area (Å²) in [6, 6.07) is 11.3. The maximum absolute atomic E-state index is 12.9. The Morgan fingerprint density at radius 3 is 2.45 bits per heavy atom. The van der Waals surface area contributed by atoms with Gasteiger partial charge in [-0.15, -0.1) is 0 Å². The number of hydrogen-bond acceptors (Lipinski definition) is 6. The van der Waals surface area contributed by atoms with Gasteiger partial charge in [0, 0.05) is 25.6 Å². The number of hydrogen-bond donors (Lipinski definition) is 2. The lowest BCUT2D eigenvalue weighted by Crippen LogP contribution is -2.42. The highest BCUT2D eigenvalue weighted by Gasteiger charge is 2.32. The lowest BCUT2D eigenvalue weighted by molar-refractivity contribution is -0.126. The topological polar surface area (TPSA) is 105 Å². The van der Waals surface area contributed by atoms with Crippen LogP contribution in [0.25, 0.3) is 0 Å². The van der Waals surface area contributed by atoms with Gasteiger partial charge in [0.25, 0.3) is 0 Å². The molecule has 168 valence electrons. The molecule has 8 nitrogen and oxygen atoms in total. The summed E-state index contributed by atoms with van der Waals surface area (Å²) in [7, 11) is -2.14. The first-order valence-electron chi connectivity index (χ1n) is 10.2. The second kappa shape index (κ2) is 10.0. The smallest absolute Gasteiger partial charge is 0.243 e. The molecule has 1 saturated heterocycles. The molecule has 9 heteroatoms. The van der Waals surface area contributed by atoms with Crippen LogP contribution in [0, 0.1) is 5.92 Å². The third-order valence-corrected chi connectivity index (χ3v) is 7.22. The zero-order chi connectivity index (χ0) is 22.4. The van der Waals surface area contributed by atoms with Crippen molar-refractivity contribution in [1.82, 2.24) is 9.62 Å². The fourth-order valence-corrected chi connectivity index (χ4v) is 5.02. The maximum Gasteiger partial charge on any atom is 0.243 e. The number of nitrogens with one attached hydrogen (secondary N) is 1. The summed E-state index contributed by atoms with van der Waals surface area (Å²) in [5, 5.41) is 12.5. The van der Waals surface area contributed by atoms with E-state index in [1.807, 2.05) is 6.92 Å². The summed E-state index contributed by atoms with van der Waals surface area (Å²) < 4.78 is 37.6. The van der Waals surface area contributed by atoms with Crippen molar-refractivity contribution in [2.75, 3.05) is 26.8 Å². The fourth-order valence-electron chi connectivity index (χ4n) is 3.55. The standard InChI is InChI=1S/C22H28N2O6S/c1-3-30-18-5-7-19(8-6-18)31(27,28)24-12-10-17(11-13-24)22(26)23-15-16-4-9-20(25)21(14-16)29-2/h4-9,14,17,25H,3,10-13,15H2,1-2H3,(H,23,26). The van der Waals surface area contributed by atoms with Crippen LogP contribution in [-0.4, -0.2) is 50.5 Å². The molecular weight excluding hydrogens is 420 g/mol. The van der Waals surface area contributed by atoms with Crippen LogP contribution in [0.4, 0.5) is 0 Å². The first-order chi connectivity index (χ1) is 14.8. The Kier molecular flexibility index (Phi) is 7.40. The van der Waals surface area contributed by atoms with Crippen LogP contribution in [0.2, 0.25) is 0 Å². The Labute approximate surface area is 182 Å². The molecule has 2 aromatic rings. The normalized spacial score (nSPS) is 15.4. The first kappa shape index (κ1) is 22.9. The van der Waals surface area contributed by atoms with Crippen molar-refractivity contribution in [3.05, 3.63) is 48.0 Å². The number of carbonyl (C=O) groups is 1. The SMILES string of the molecule is CCOc1ccc(S(=O)(=O)N2CCC(C(=O)NCc3ccc(O)c(OC)c3)CC2)cc1. The van der Waals surface area contributed by atoms with Gasteiger partial charge in [-0.05, 0) is 61.7 Å². The van der Waals surface area contributed by atoms with Crippen molar-refractivity contribution in [3.63, 3.8) is 0 Å². The predicted octanol–water partition coefficient (Wildman–Crippen LogP) is 2.52. The van der Waals surface area contributed by atoms with E-state index < -0.39 is 10.0 Å². The Morgan fingerprint density at radius 2 is 1.84 bits per heavy atom. The number of rotatable bonds is 8. The van der Waals surface area contributed by atoms with Crippen LogP contribution in [0.15, 0.2) is 47.4 Å². The van der Waals surface area contributed by atoms with Gasteiger partial charge in [0.2, 0.25) is 15.9 Å². The van der Waals surface area contributed by atoms with Gasteiger partial charge in [-0.3, -0.25) is 4.79 Å². The van der Waals surface area contributed by atoms with E-state index >= 15 is 0 Å². The van der Waals surface area contributed by atoms with Crippen LogP contribution in [0.3, 0.4) is 0 Å². The van der Waals surface area contributed by atoms with Gasteiger partial charge >= 0.3 is 0 Å². The number of nitrogens with zero attached hydrogens (tertiary/aromatic N) is 1. The van der Waals surface area contributed by atoms with E-state index in [0.29, 0.717) is 50.6 Å². The van der Waals surface area contributed by atoms with Crippen LogP contribution >= 0.6 is 0 Å². The second-order valence-electron chi connectivity index (χ2n) is 7.31. The first-order valence-corrected chi connectivity index (χ1v) is 11.7. The lowest BCUT2D eigenvalue weighted by Gasteiger charge is -2.30. The summed E-state index contributed by atoms with van der Waals surface area (Å²) in [6.45, 7) is 3.27. The van der Waals surface area contributed by atoms with E-state index in [4.69, 9.17) is 9.47 Å². The van der Waals surface area contributed by atoms with Gasteiger partial charge in [-0.2, -0.15) is 4.31 Å². The number of methoxy groups -OCH3 is 1. The van der Waals surface area contributed by atoms with E-state index in [-0.39, 0.29) is 22.5 Å². The minimum atomic E-state index is -3.60. The van der Waals surface area contributed by atoms with Crippen LogP contribution in [-0.2, 0) is 21.4 Å². The maximum atomic E-state index is 12.9. The molecule has 1 aliphatic rings. The number of phenols is 1. The van der Waals surface area contributed by atoms with Crippen molar-refractivity contribution in [2.45, 2.75) is 31.2 Å². The zero-order valence-corrected chi connectivity index (χ0v) is 18.5. The van der Waals surface area contributed by atoms with Crippen molar-refractivity contribution < 1.29 is 27.8 Å². The van der Waals surface area contributed by atoms with E-state index in [0.717, 1.165) is 5.56 Å². The Morgan fingerprint density at radius 1 is 1.16 bits per heavy atom. The van der Waals surface area contributed by atoms with Crippen LogP contribution in [0.1, 0.15) is 25.3 Å². The van der Waals surface area contributed by atoms with Gasteiger partial charge in [-0.25, -0.2) is 8.42 Å². The Balaban J connectivity index is 1.54. The van der Waals surface area contributed by atoms with Crippen LogP contribution in [0.5, 0.6) is 17.2 Å². The third-order valence-electron chi connectivity index (χ3n) is 5.31. The van der Waals surface area contributed by atoms with E-state index in [9.17, 15) is 18.3 Å². The van der Waals surface area contributed by atoms with E-state index in [2.05, 4.69) is 5.32 Å². The number of ether oxygens (including phenoxy) is 2. The molecule has 0 unspecified atom stereocenters. The molecule has 0 atom stereocenters. The van der Waals surface area contributed by atoms with Crippen molar-refractivity contribution in [3.8, 4) is 17.2 Å². The van der Waals surface area contributed by atoms with Crippen molar-refractivity contribution in [2.24, 2.45) is 5.92 Å². The van der Waals surface area contributed by atoms with Crippen molar-refractivity contribution >= 4 is 15.9 Å². The molecule has 1 heterocycles. The highest BCUT2D eigenvalue weighted by Crippen LogP contribution is 2.27. The molecule has 2 N–H and O–H groups in total. The molecule has 0 radical (unpaired) electrons. The van der Waals surface area contributed by atoms with Crippen molar-refractivity contribution in [1.29, 1.82) is 0 Å². The van der Waals surface area contributed by atoms with Gasteiger partial charge in [0.1, 0.15) is 5.75 Å². The molecule has 1 amide bonds. The summed E-state index contributed by atoms with van der Waals surface area (Å²) >= 11 is 0. The molecule has 3 rings (SSSR count). The molecule has 31 heavy (non-hydrogen) atoms. The Bertz CT molecular complexity index is 999. The molecule has 0 spiro atoms. The largest absolute Gasteiger partial charge is 0.504 e. The third kappa shape index (κ3) is 5.48. The minimum absolute atomic E-state index is 0.0405. The number of piperidine rings is 1. The minimum Gasteiger partial charge on any atom is -0.504 e. The number of benzene rings is 2. The van der Waals surface area contributed by atoms with Gasteiger partial charge in [0.05, 0.1) is 18.6 Å². The van der Waals surface area contributed by atoms with Gasteiger partial charge in [-0.1, -0.05) is 6.07 Å². The van der Waals surface area contributed by atoms with E-state index in [1.165, 1.54) is 17.5 Å². The van der Waals surface area contributed by atoms with Gasteiger partial charge in [0.15, 0.2) is 11.5 Å². The quantitative estimate of drug-likeness (QED) is 0.643. The highest BCUT2D eigenvalue weighted by molar-refractivity contribution is 7.89. The molecule has 1 aliphatic heterocycles. The second-order valence-corrected chi connectivity index (χ2v) is 9.24. The number of phenolic OH excluding ortho intramolecular Hbond substituents is 1. The molecular formula is C22H28N2O6S.